The van der Waals surface area contributed by atoms with Crippen LogP contribution in [0.25, 0.3) is 0 Å². The molecule has 6 nitrogen and oxygen atoms in total. The summed E-state index contributed by atoms with van der Waals surface area (Å²) in [6.07, 6.45) is 0. The van der Waals surface area contributed by atoms with E-state index in [0.29, 0.717) is 22.3 Å². The Hall–Kier alpha value is -3.64. The van der Waals surface area contributed by atoms with Gasteiger partial charge in [0.15, 0.2) is 0 Å². The lowest BCUT2D eigenvalue weighted by atomic mass is 9.91. The van der Waals surface area contributed by atoms with E-state index in [0.717, 1.165) is 4.90 Å². The molecule has 0 spiro atoms. The third kappa shape index (κ3) is 2.71. The molecule has 1 atom stereocenters. The number of carbonyl (C=O) groups excluding carboxylic acids is 2. The number of nitriles is 2. The zero-order chi connectivity index (χ0) is 18.0. The van der Waals surface area contributed by atoms with Gasteiger partial charge >= 0.3 is 6.03 Å². The highest BCUT2D eigenvalue weighted by Gasteiger charge is 2.49. The van der Waals surface area contributed by atoms with Crippen LogP contribution in [0.3, 0.4) is 0 Å². The molecule has 0 aromatic heterocycles. The molecule has 0 radical (unpaired) electrons. The van der Waals surface area contributed by atoms with Gasteiger partial charge in [-0.3, -0.25) is 9.69 Å². The lowest BCUT2D eigenvalue weighted by Gasteiger charge is -2.22. The van der Waals surface area contributed by atoms with Crippen molar-refractivity contribution in [2.75, 3.05) is 0 Å². The lowest BCUT2D eigenvalue weighted by molar-refractivity contribution is -0.131. The number of nitrogens with zero attached hydrogens (tertiary/aromatic N) is 3. The first-order chi connectivity index (χ1) is 12.0. The van der Waals surface area contributed by atoms with Gasteiger partial charge in [0.05, 0.1) is 29.8 Å². The zero-order valence-electron chi connectivity index (χ0n) is 13.5. The minimum atomic E-state index is -1.24. The Morgan fingerprint density at radius 2 is 1.84 bits per heavy atom. The van der Waals surface area contributed by atoms with Gasteiger partial charge in [0, 0.05) is 0 Å². The van der Waals surface area contributed by atoms with E-state index in [1.807, 2.05) is 6.07 Å². The van der Waals surface area contributed by atoms with E-state index >= 15 is 0 Å². The normalized spacial score (nSPS) is 19.2. The standard InChI is InChI=1S/C19H14N4O2/c1-19(16-8-4-5-13(9-16)10-20)17(24)23(18(25)22-19)12-15-7-3-2-6-14(15)11-21/h2-9H,12H2,1H3,(H,22,25). The molecule has 0 aliphatic carbocycles. The van der Waals surface area contributed by atoms with Crippen LogP contribution in [0.2, 0.25) is 0 Å². The summed E-state index contributed by atoms with van der Waals surface area (Å²) in [5.41, 5.74) is 0.729. The smallest absolute Gasteiger partial charge is 0.319 e. The van der Waals surface area contributed by atoms with Gasteiger partial charge in [0.2, 0.25) is 0 Å². The molecule has 122 valence electrons. The maximum atomic E-state index is 12.9. The summed E-state index contributed by atoms with van der Waals surface area (Å²) in [7, 11) is 0. The van der Waals surface area contributed by atoms with Crippen molar-refractivity contribution in [1.82, 2.24) is 10.2 Å². The van der Waals surface area contributed by atoms with Crippen molar-refractivity contribution in [3.8, 4) is 12.1 Å². The van der Waals surface area contributed by atoms with Crippen molar-refractivity contribution in [3.05, 3.63) is 70.8 Å². The van der Waals surface area contributed by atoms with Crippen LogP contribution >= 0.6 is 0 Å². The van der Waals surface area contributed by atoms with E-state index in [2.05, 4.69) is 11.4 Å². The van der Waals surface area contributed by atoms with Crippen molar-refractivity contribution in [1.29, 1.82) is 10.5 Å². The average Bonchev–Trinajstić information content (AvgIpc) is 2.86. The summed E-state index contributed by atoms with van der Waals surface area (Å²) in [6.45, 7) is 1.63. The third-order valence-corrected chi connectivity index (χ3v) is 4.31. The Bertz CT molecular complexity index is 954. The fourth-order valence-corrected chi connectivity index (χ4v) is 2.87. The van der Waals surface area contributed by atoms with Crippen LogP contribution in [-0.2, 0) is 16.9 Å². The van der Waals surface area contributed by atoms with Gasteiger partial charge in [0.25, 0.3) is 5.91 Å². The maximum absolute atomic E-state index is 12.9. The number of imide groups is 1. The molecule has 2 aromatic carbocycles. The molecular formula is C19H14N4O2. The Kier molecular flexibility index (Phi) is 3.96. The number of hydrogen-bond acceptors (Lipinski definition) is 4. The van der Waals surface area contributed by atoms with Crippen LogP contribution in [0.1, 0.15) is 29.2 Å². The van der Waals surface area contributed by atoms with E-state index in [9.17, 15) is 14.9 Å². The van der Waals surface area contributed by atoms with E-state index in [1.54, 1.807) is 55.5 Å². The molecular weight excluding hydrogens is 316 g/mol. The molecule has 3 amide bonds. The van der Waals surface area contributed by atoms with E-state index in [1.165, 1.54) is 0 Å². The quantitative estimate of drug-likeness (QED) is 0.874. The predicted molar refractivity (Wildman–Crippen MR) is 88.7 cm³/mol. The van der Waals surface area contributed by atoms with Crippen LogP contribution in [0, 0.1) is 22.7 Å². The number of nitrogens with one attached hydrogen (secondary N) is 1. The summed E-state index contributed by atoms with van der Waals surface area (Å²) in [6, 6.07) is 17.0. The molecule has 1 saturated heterocycles. The molecule has 0 saturated carbocycles. The monoisotopic (exact) mass is 330 g/mol. The first-order valence-corrected chi connectivity index (χ1v) is 7.62. The summed E-state index contributed by atoms with van der Waals surface area (Å²) in [4.78, 5) is 26.4. The van der Waals surface area contributed by atoms with Gasteiger partial charge in [-0.15, -0.1) is 0 Å². The number of carbonyl (C=O) groups is 2. The Morgan fingerprint density at radius 3 is 2.56 bits per heavy atom. The summed E-state index contributed by atoms with van der Waals surface area (Å²) in [5, 5.41) is 20.9. The van der Waals surface area contributed by atoms with Crippen molar-refractivity contribution < 1.29 is 9.59 Å². The minimum Gasteiger partial charge on any atom is -0.319 e. The van der Waals surface area contributed by atoms with E-state index in [4.69, 9.17) is 5.26 Å². The Balaban J connectivity index is 1.95. The molecule has 1 N–H and O–H groups in total. The fraction of sp³-hybridized carbons (Fsp3) is 0.158. The number of benzene rings is 2. The second kappa shape index (κ2) is 6.10. The summed E-state index contributed by atoms with van der Waals surface area (Å²) < 4.78 is 0. The Labute approximate surface area is 144 Å². The molecule has 6 heteroatoms. The topological polar surface area (TPSA) is 97.0 Å². The second-order valence-electron chi connectivity index (χ2n) is 5.91. The van der Waals surface area contributed by atoms with Crippen LogP contribution in [-0.4, -0.2) is 16.8 Å². The largest absolute Gasteiger partial charge is 0.325 e. The third-order valence-electron chi connectivity index (χ3n) is 4.31. The van der Waals surface area contributed by atoms with E-state index in [-0.39, 0.29) is 6.54 Å². The van der Waals surface area contributed by atoms with Gasteiger partial charge in [-0.1, -0.05) is 30.3 Å². The van der Waals surface area contributed by atoms with Gasteiger partial charge in [-0.25, -0.2) is 4.79 Å². The van der Waals surface area contributed by atoms with Crippen LogP contribution < -0.4 is 5.32 Å². The molecule has 1 aliphatic heterocycles. The first kappa shape index (κ1) is 16.2. The van der Waals surface area contributed by atoms with Gasteiger partial charge in [0.1, 0.15) is 5.54 Å². The van der Waals surface area contributed by atoms with Crippen molar-refractivity contribution in [3.63, 3.8) is 0 Å². The molecule has 1 unspecified atom stereocenters. The average molecular weight is 330 g/mol. The van der Waals surface area contributed by atoms with Crippen molar-refractivity contribution >= 4 is 11.9 Å². The summed E-state index contributed by atoms with van der Waals surface area (Å²) in [5.74, 6) is -0.416. The van der Waals surface area contributed by atoms with E-state index < -0.39 is 17.5 Å². The first-order valence-electron chi connectivity index (χ1n) is 7.62. The zero-order valence-corrected chi connectivity index (χ0v) is 13.5. The fourth-order valence-electron chi connectivity index (χ4n) is 2.87. The van der Waals surface area contributed by atoms with Crippen molar-refractivity contribution in [2.24, 2.45) is 0 Å². The van der Waals surface area contributed by atoms with Gasteiger partial charge < -0.3 is 5.32 Å². The molecule has 1 aliphatic rings. The molecule has 1 fully saturated rings. The van der Waals surface area contributed by atoms with Crippen LogP contribution in [0.5, 0.6) is 0 Å². The minimum absolute atomic E-state index is 0.0158. The highest BCUT2D eigenvalue weighted by atomic mass is 16.2. The Morgan fingerprint density at radius 1 is 1.08 bits per heavy atom. The molecule has 0 bridgehead atoms. The number of urea groups is 1. The maximum Gasteiger partial charge on any atom is 0.325 e. The van der Waals surface area contributed by atoms with Gasteiger partial charge in [-0.2, -0.15) is 10.5 Å². The number of amides is 3. The highest BCUT2D eigenvalue weighted by Crippen LogP contribution is 2.30. The van der Waals surface area contributed by atoms with Crippen LogP contribution in [0.15, 0.2) is 48.5 Å². The second-order valence-corrected chi connectivity index (χ2v) is 5.91. The number of hydrogen-bond donors (Lipinski definition) is 1. The SMILES string of the molecule is CC1(c2cccc(C#N)c2)NC(=O)N(Cc2ccccc2C#N)C1=O. The summed E-state index contributed by atoms with van der Waals surface area (Å²) >= 11 is 0. The molecule has 1 heterocycles. The highest BCUT2D eigenvalue weighted by molar-refractivity contribution is 6.07. The lowest BCUT2D eigenvalue weighted by Crippen LogP contribution is -2.40. The predicted octanol–water partition coefficient (Wildman–Crippen LogP) is 2.40. The molecule has 25 heavy (non-hydrogen) atoms. The molecule has 2 aromatic rings. The van der Waals surface area contributed by atoms with Crippen LogP contribution in [0.4, 0.5) is 4.79 Å². The number of rotatable bonds is 3. The van der Waals surface area contributed by atoms with Gasteiger partial charge in [-0.05, 0) is 36.2 Å². The molecule has 3 rings (SSSR count). The van der Waals surface area contributed by atoms with Crippen molar-refractivity contribution in [2.45, 2.75) is 19.0 Å².